The number of aryl methyl sites for hydroxylation is 1. The number of aromatic hydroxyl groups is 1. The van der Waals surface area contributed by atoms with E-state index in [2.05, 4.69) is 0 Å². The van der Waals surface area contributed by atoms with Crippen LogP contribution in [0.3, 0.4) is 0 Å². The van der Waals surface area contributed by atoms with Crippen LogP contribution in [0.4, 0.5) is 0 Å². The Morgan fingerprint density at radius 3 is 2.65 bits per heavy atom. The van der Waals surface area contributed by atoms with Gasteiger partial charge >= 0.3 is 11.9 Å². The molecule has 7 heteroatoms. The molecule has 0 bridgehead atoms. The summed E-state index contributed by atoms with van der Waals surface area (Å²) < 4.78 is 6.58. The molecule has 0 unspecified atom stereocenters. The molecule has 1 aromatic carbocycles. The smallest absolute Gasteiger partial charge is 0.329 e. The summed E-state index contributed by atoms with van der Waals surface area (Å²) in [4.78, 5) is 35.9. The summed E-state index contributed by atoms with van der Waals surface area (Å²) in [5.41, 5.74) is 0.954. The number of carbonyl (C=O) groups is 2. The number of aromatic nitrogens is 1. The maximum absolute atomic E-state index is 12.7. The van der Waals surface area contributed by atoms with E-state index in [1.165, 1.54) is 10.6 Å². The van der Waals surface area contributed by atoms with Crippen molar-refractivity contribution in [3.8, 4) is 5.75 Å². The summed E-state index contributed by atoms with van der Waals surface area (Å²) in [6.07, 6.45) is 0.509. The molecule has 2 heterocycles. The average molecular weight is 357 g/mol. The minimum atomic E-state index is -1.03. The maximum atomic E-state index is 12.7. The molecule has 3 rings (SSSR count). The second-order valence-corrected chi connectivity index (χ2v) is 6.22. The number of ether oxygens (including phenoxy) is 1. The van der Waals surface area contributed by atoms with Crippen LogP contribution in [0.5, 0.6) is 5.75 Å². The normalized spacial score (nSPS) is 15.5. The Kier molecular flexibility index (Phi) is 5.06. The number of carbonyl (C=O) groups excluding carboxylic acids is 1. The summed E-state index contributed by atoms with van der Waals surface area (Å²) in [7, 11) is 0. The van der Waals surface area contributed by atoms with E-state index in [-0.39, 0.29) is 30.8 Å². The van der Waals surface area contributed by atoms with Gasteiger partial charge in [-0.25, -0.2) is 4.79 Å². The van der Waals surface area contributed by atoms with Gasteiger partial charge in [-0.1, -0.05) is 30.3 Å². The van der Waals surface area contributed by atoms with Crippen molar-refractivity contribution in [1.82, 2.24) is 4.57 Å². The second-order valence-electron chi connectivity index (χ2n) is 6.22. The Balaban J connectivity index is 1.81. The molecule has 0 saturated heterocycles. The number of rotatable bonds is 6. The van der Waals surface area contributed by atoms with Crippen LogP contribution in [0, 0.1) is 0 Å². The highest BCUT2D eigenvalue weighted by Crippen LogP contribution is 2.31. The highest BCUT2D eigenvalue weighted by molar-refractivity contribution is 5.75. The Morgan fingerprint density at radius 2 is 1.96 bits per heavy atom. The van der Waals surface area contributed by atoms with Crippen LogP contribution < -0.4 is 5.56 Å². The molecule has 0 spiro atoms. The molecule has 7 nitrogen and oxygen atoms in total. The molecule has 2 aromatic rings. The van der Waals surface area contributed by atoms with Crippen LogP contribution in [0.25, 0.3) is 0 Å². The molecule has 0 amide bonds. The van der Waals surface area contributed by atoms with Gasteiger partial charge < -0.3 is 14.9 Å². The Bertz CT molecular complexity index is 887. The number of aliphatic carboxylic acids is 1. The fraction of sp³-hybridized carbons (Fsp3) is 0.316. The lowest BCUT2D eigenvalue weighted by Crippen LogP contribution is -2.31. The van der Waals surface area contributed by atoms with Crippen molar-refractivity contribution in [3.63, 3.8) is 0 Å². The largest absolute Gasteiger partial charge is 0.506 e. The second kappa shape index (κ2) is 7.43. The highest BCUT2D eigenvalue weighted by atomic mass is 16.5. The highest BCUT2D eigenvalue weighted by Gasteiger charge is 2.33. The van der Waals surface area contributed by atoms with Gasteiger partial charge in [0.15, 0.2) is 0 Å². The SMILES string of the molecule is O=C(O)CCc1cc(O)c2n(c1=O)[C@H](C(=O)OCc1ccccc1)CC2. The van der Waals surface area contributed by atoms with Crippen molar-refractivity contribution in [3.05, 3.63) is 63.6 Å². The van der Waals surface area contributed by atoms with E-state index < -0.39 is 23.5 Å². The number of hydrogen-bond acceptors (Lipinski definition) is 5. The van der Waals surface area contributed by atoms with Gasteiger partial charge in [-0.05, 0) is 30.9 Å². The van der Waals surface area contributed by atoms with E-state index in [1.807, 2.05) is 30.3 Å². The topological polar surface area (TPSA) is 106 Å². The predicted octanol–water partition coefficient (Wildman–Crippen LogP) is 1.80. The number of carboxylic acids is 1. The molecule has 0 saturated carbocycles. The minimum Gasteiger partial charge on any atom is -0.506 e. The number of fused-ring (bicyclic) bond motifs is 1. The third kappa shape index (κ3) is 3.61. The summed E-state index contributed by atoms with van der Waals surface area (Å²) >= 11 is 0. The van der Waals surface area contributed by atoms with Crippen LogP contribution in [-0.2, 0) is 33.8 Å². The van der Waals surface area contributed by atoms with E-state index in [9.17, 15) is 19.5 Å². The molecule has 26 heavy (non-hydrogen) atoms. The molecule has 2 N–H and O–H groups in total. The molecule has 0 fully saturated rings. The van der Waals surface area contributed by atoms with E-state index >= 15 is 0 Å². The molecule has 1 aromatic heterocycles. The predicted molar refractivity (Wildman–Crippen MR) is 91.9 cm³/mol. The average Bonchev–Trinajstić information content (AvgIpc) is 3.08. The van der Waals surface area contributed by atoms with Crippen molar-refractivity contribution >= 4 is 11.9 Å². The maximum Gasteiger partial charge on any atom is 0.329 e. The first kappa shape index (κ1) is 17.7. The molecular weight excluding hydrogens is 338 g/mol. The van der Waals surface area contributed by atoms with E-state index in [4.69, 9.17) is 9.84 Å². The standard InChI is InChI=1S/C19H19NO6/c21-16-10-13(6-9-17(22)23)18(24)20-14(16)7-8-15(20)19(25)26-11-12-4-2-1-3-5-12/h1-5,10,15,21H,6-9,11H2,(H,22,23)/t15-/m0/s1. The lowest BCUT2D eigenvalue weighted by molar-refractivity contribution is -0.149. The third-order valence-electron chi connectivity index (χ3n) is 4.46. The minimum absolute atomic E-state index is 0.00616. The first-order valence-electron chi connectivity index (χ1n) is 8.36. The van der Waals surface area contributed by atoms with Gasteiger partial charge in [0, 0.05) is 12.0 Å². The summed E-state index contributed by atoms with van der Waals surface area (Å²) in [5.74, 6) is -1.67. The van der Waals surface area contributed by atoms with Crippen molar-refractivity contribution in [2.24, 2.45) is 0 Å². The van der Waals surface area contributed by atoms with E-state index in [0.29, 0.717) is 18.5 Å². The van der Waals surface area contributed by atoms with Crippen molar-refractivity contribution in [2.75, 3.05) is 0 Å². The Morgan fingerprint density at radius 1 is 1.23 bits per heavy atom. The first-order valence-corrected chi connectivity index (χ1v) is 8.36. The lowest BCUT2D eigenvalue weighted by Gasteiger charge is -2.16. The monoisotopic (exact) mass is 357 g/mol. The summed E-state index contributed by atoms with van der Waals surface area (Å²) in [6, 6.07) is 9.69. The third-order valence-corrected chi connectivity index (χ3v) is 4.46. The fourth-order valence-corrected chi connectivity index (χ4v) is 3.16. The van der Waals surface area contributed by atoms with Crippen LogP contribution >= 0.6 is 0 Å². The lowest BCUT2D eigenvalue weighted by atomic mass is 10.1. The number of pyridine rings is 1. The molecule has 0 radical (unpaired) electrons. The van der Waals surface area contributed by atoms with Gasteiger partial charge in [-0.15, -0.1) is 0 Å². The van der Waals surface area contributed by atoms with Crippen LogP contribution in [0.1, 0.15) is 35.7 Å². The van der Waals surface area contributed by atoms with E-state index in [0.717, 1.165) is 5.56 Å². The van der Waals surface area contributed by atoms with Crippen LogP contribution in [0.15, 0.2) is 41.2 Å². The van der Waals surface area contributed by atoms with Gasteiger partial charge in [-0.3, -0.25) is 14.2 Å². The molecule has 136 valence electrons. The van der Waals surface area contributed by atoms with Crippen LogP contribution in [0.2, 0.25) is 0 Å². The molecule has 1 aliphatic rings. The van der Waals surface area contributed by atoms with Crippen molar-refractivity contribution in [1.29, 1.82) is 0 Å². The number of carboxylic acid groups (broad SMARTS) is 1. The number of hydrogen-bond donors (Lipinski definition) is 2. The Hall–Kier alpha value is -3.09. The van der Waals surface area contributed by atoms with Crippen molar-refractivity contribution < 1.29 is 24.5 Å². The summed E-state index contributed by atoms with van der Waals surface area (Å²) in [6.45, 7) is 0.102. The molecule has 1 atom stereocenters. The number of benzene rings is 1. The van der Waals surface area contributed by atoms with Gasteiger partial charge in [0.1, 0.15) is 18.4 Å². The van der Waals surface area contributed by atoms with Crippen LogP contribution in [-0.4, -0.2) is 26.7 Å². The molecule has 1 aliphatic heterocycles. The van der Waals surface area contributed by atoms with Crippen molar-refractivity contribution in [2.45, 2.75) is 38.3 Å². The fourth-order valence-electron chi connectivity index (χ4n) is 3.16. The van der Waals surface area contributed by atoms with Gasteiger partial charge in [0.2, 0.25) is 0 Å². The first-order chi connectivity index (χ1) is 12.5. The Labute approximate surface area is 149 Å². The van der Waals surface area contributed by atoms with Gasteiger partial charge in [0.25, 0.3) is 5.56 Å². The van der Waals surface area contributed by atoms with Gasteiger partial charge in [0.05, 0.1) is 5.69 Å². The quantitative estimate of drug-likeness (QED) is 0.764. The van der Waals surface area contributed by atoms with Gasteiger partial charge in [-0.2, -0.15) is 0 Å². The molecular formula is C19H19NO6. The zero-order chi connectivity index (χ0) is 18.7. The van der Waals surface area contributed by atoms with E-state index in [1.54, 1.807) is 0 Å². The zero-order valence-electron chi connectivity index (χ0n) is 14.1. The number of esters is 1. The molecule has 0 aliphatic carbocycles. The number of nitrogens with zero attached hydrogens (tertiary/aromatic N) is 1. The summed E-state index contributed by atoms with van der Waals surface area (Å²) in [5, 5.41) is 19.0. The zero-order valence-corrected chi connectivity index (χ0v) is 14.1.